The van der Waals surface area contributed by atoms with Crippen molar-refractivity contribution in [1.29, 1.82) is 0 Å². The number of amides is 1. The van der Waals surface area contributed by atoms with Crippen LogP contribution < -0.4 is 10.1 Å². The summed E-state index contributed by atoms with van der Waals surface area (Å²) in [7, 11) is 0. The van der Waals surface area contributed by atoms with Crippen LogP contribution in [0.2, 0.25) is 0 Å². The molecule has 0 saturated heterocycles. The molecule has 3 aromatic rings. The number of carbonyl (C=O) groups is 1. The highest BCUT2D eigenvalue weighted by atomic mass is 16.5. The molecule has 5 nitrogen and oxygen atoms in total. The van der Waals surface area contributed by atoms with Gasteiger partial charge in [0.2, 0.25) is 0 Å². The predicted molar refractivity (Wildman–Crippen MR) is 106 cm³/mol. The lowest BCUT2D eigenvalue weighted by molar-refractivity contribution is -0.118. The van der Waals surface area contributed by atoms with Crippen LogP contribution in [0.1, 0.15) is 28.9 Å². The summed E-state index contributed by atoms with van der Waals surface area (Å²) in [4.78, 5) is 12.4. The number of benzene rings is 2. The van der Waals surface area contributed by atoms with Crippen molar-refractivity contribution in [3.8, 4) is 11.4 Å². The van der Waals surface area contributed by atoms with Crippen molar-refractivity contribution in [3.63, 3.8) is 0 Å². The summed E-state index contributed by atoms with van der Waals surface area (Å²) >= 11 is 0. The molecular formula is C22H23N3O2. The van der Waals surface area contributed by atoms with Gasteiger partial charge in [-0.2, -0.15) is 5.10 Å². The summed E-state index contributed by atoms with van der Waals surface area (Å²) in [5.74, 6) is 0.563. The van der Waals surface area contributed by atoms with E-state index in [4.69, 9.17) is 4.74 Å². The Morgan fingerprint density at radius 3 is 2.70 bits per heavy atom. The van der Waals surface area contributed by atoms with E-state index in [0.717, 1.165) is 41.4 Å². The molecule has 2 aromatic carbocycles. The van der Waals surface area contributed by atoms with Crippen molar-refractivity contribution in [3.05, 3.63) is 71.0 Å². The van der Waals surface area contributed by atoms with Gasteiger partial charge in [-0.25, -0.2) is 4.68 Å². The van der Waals surface area contributed by atoms with Crippen LogP contribution in [0.5, 0.6) is 5.75 Å². The number of aryl methyl sites for hydroxylation is 3. The summed E-state index contributed by atoms with van der Waals surface area (Å²) in [5, 5.41) is 7.50. The summed E-state index contributed by atoms with van der Waals surface area (Å²) in [6, 6.07) is 16.0. The predicted octanol–water partition coefficient (Wildman–Crippen LogP) is 4.00. The van der Waals surface area contributed by atoms with Crippen LogP contribution >= 0.6 is 0 Å². The first-order valence-corrected chi connectivity index (χ1v) is 9.28. The third kappa shape index (κ3) is 3.58. The standard InChI is InChI=1S/C22H23N3O2/c1-15-22(16(2)25(24-15)19-9-4-3-5-10-19)23-21(26)14-27-20-12-11-17-7-6-8-18(17)13-20/h3-5,9-13H,6-8,14H2,1-2H3,(H,23,26). The zero-order chi connectivity index (χ0) is 18.8. The second-order valence-electron chi connectivity index (χ2n) is 6.91. The highest BCUT2D eigenvalue weighted by molar-refractivity contribution is 5.93. The van der Waals surface area contributed by atoms with E-state index < -0.39 is 0 Å². The number of hydrogen-bond donors (Lipinski definition) is 1. The van der Waals surface area contributed by atoms with Crippen molar-refractivity contribution < 1.29 is 9.53 Å². The third-order valence-corrected chi connectivity index (χ3v) is 5.00. The zero-order valence-corrected chi connectivity index (χ0v) is 15.7. The topological polar surface area (TPSA) is 56.2 Å². The van der Waals surface area contributed by atoms with E-state index in [0.29, 0.717) is 0 Å². The minimum Gasteiger partial charge on any atom is -0.484 e. The number of carbonyl (C=O) groups excluding carboxylic acids is 1. The van der Waals surface area contributed by atoms with Gasteiger partial charge >= 0.3 is 0 Å². The summed E-state index contributed by atoms with van der Waals surface area (Å²) in [5.41, 5.74) is 6.11. The lowest BCUT2D eigenvalue weighted by Crippen LogP contribution is -2.21. The molecule has 138 valence electrons. The molecule has 0 unspecified atom stereocenters. The molecule has 27 heavy (non-hydrogen) atoms. The smallest absolute Gasteiger partial charge is 0.262 e. The van der Waals surface area contributed by atoms with Gasteiger partial charge in [-0.1, -0.05) is 24.3 Å². The van der Waals surface area contributed by atoms with E-state index in [1.54, 1.807) is 0 Å². The number of nitrogens with one attached hydrogen (secondary N) is 1. The van der Waals surface area contributed by atoms with Gasteiger partial charge in [-0.3, -0.25) is 4.79 Å². The molecule has 0 bridgehead atoms. The Kier molecular flexibility index (Phi) is 4.67. The molecule has 1 aromatic heterocycles. The Morgan fingerprint density at radius 1 is 1.11 bits per heavy atom. The molecule has 1 aliphatic rings. The maximum atomic E-state index is 12.4. The lowest BCUT2D eigenvalue weighted by Gasteiger charge is -2.09. The number of hydrogen-bond acceptors (Lipinski definition) is 3. The third-order valence-electron chi connectivity index (χ3n) is 5.00. The van der Waals surface area contributed by atoms with Crippen LogP contribution in [0.25, 0.3) is 5.69 Å². The Hall–Kier alpha value is -3.08. The Balaban J connectivity index is 1.43. The van der Waals surface area contributed by atoms with Crippen molar-refractivity contribution in [2.45, 2.75) is 33.1 Å². The minimum absolute atomic E-state index is 0.0197. The van der Waals surface area contributed by atoms with Gasteiger partial charge in [-0.05, 0) is 68.5 Å². The highest BCUT2D eigenvalue weighted by Gasteiger charge is 2.16. The first-order chi connectivity index (χ1) is 13.1. The van der Waals surface area contributed by atoms with Crippen molar-refractivity contribution in [2.24, 2.45) is 0 Å². The first kappa shape index (κ1) is 17.3. The highest BCUT2D eigenvalue weighted by Crippen LogP contribution is 2.26. The maximum absolute atomic E-state index is 12.4. The van der Waals surface area contributed by atoms with Gasteiger partial charge in [0.1, 0.15) is 5.75 Å². The molecule has 4 rings (SSSR count). The molecule has 0 radical (unpaired) electrons. The molecule has 0 atom stereocenters. The second-order valence-corrected chi connectivity index (χ2v) is 6.91. The van der Waals surface area contributed by atoms with E-state index in [-0.39, 0.29) is 12.5 Å². The average molecular weight is 361 g/mol. The van der Waals surface area contributed by atoms with Crippen LogP contribution in [-0.4, -0.2) is 22.3 Å². The molecule has 1 N–H and O–H groups in total. The fourth-order valence-corrected chi connectivity index (χ4v) is 3.61. The number of anilines is 1. The Bertz CT molecular complexity index is 977. The molecule has 1 amide bonds. The SMILES string of the molecule is Cc1nn(-c2ccccc2)c(C)c1NC(=O)COc1ccc2c(c1)CCC2. The van der Waals surface area contributed by atoms with Gasteiger partial charge in [0, 0.05) is 0 Å². The van der Waals surface area contributed by atoms with Gasteiger partial charge in [-0.15, -0.1) is 0 Å². The Morgan fingerprint density at radius 2 is 1.89 bits per heavy atom. The van der Waals surface area contributed by atoms with Gasteiger partial charge in [0.05, 0.1) is 22.8 Å². The monoisotopic (exact) mass is 361 g/mol. The minimum atomic E-state index is -0.186. The van der Waals surface area contributed by atoms with E-state index in [9.17, 15) is 4.79 Å². The van der Waals surface area contributed by atoms with Crippen LogP contribution in [0.15, 0.2) is 48.5 Å². The summed E-state index contributed by atoms with van der Waals surface area (Å²) < 4.78 is 7.54. The molecule has 0 aliphatic heterocycles. The molecule has 1 heterocycles. The number of rotatable bonds is 5. The molecule has 0 spiro atoms. The number of fused-ring (bicyclic) bond motifs is 1. The Labute approximate surface area is 159 Å². The average Bonchev–Trinajstić information content (AvgIpc) is 3.26. The van der Waals surface area contributed by atoms with Crippen LogP contribution in [0.3, 0.4) is 0 Å². The second kappa shape index (κ2) is 7.27. The maximum Gasteiger partial charge on any atom is 0.262 e. The number of ether oxygens (including phenoxy) is 1. The quantitative estimate of drug-likeness (QED) is 0.747. The zero-order valence-electron chi connectivity index (χ0n) is 15.7. The fourth-order valence-electron chi connectivity index (χ4n) is 3.61. The number of nitrogens with zero attached hydrogens (tertiary/aromatic N) is 2. The number of aromatic nitrogens is 2. The molecule has 0 saturated carbocycles. The molecule has 0 fully saturated rings. The molecule has 1 aliphatic carbocycles. The van der Waals surface area contributed by atoms with Crippen LogP contribution in [-0.2, 0) is 17.6 Å². The van der Waals surface area contributed by atoms with E-state index in [1.165, 1.54) is 17.5 Å². The largest absolute Gasteiger partial charge is 0.484 e. The summed E-state index contributed by atoms with van der Waals surface area (Å²) in [6.45, 7) is 3.82. The van der Waals surface area contributed by atoms with Crippen LogP contribution in [0.4, 0.5) is 5.69 Å². The van der Waals surface area contributed by atoms with Gasteiger partial charge in [0.15, 0.2) is 6.61 Å². The van der Waals surface area contributed by atoms with E-state index in [2.05, 4.69) is 22.5 Å². The van der Waals surface area contributed by atoms with Crippen LogP contribution in [0, 0.1) is 13.8 Å². The first-order valence-electron chi connectivity index (χ1n) is 9.28. The van der Waals surface area contributed by atoms with E-state index in [1.807, 2.05) is 54.9 Å². The van der Waals surface area contributed by atoms with Gasteiger partial charge in [0.25, 0.3) is 5.91 Å². The fraction of sp³-hybridized carbons (Fsp3) is 0.273. The van der Waals surface area contributed by atoms with Crippen molar-refractivity contribution in [2.75, 3.05) is 11.9 Å². The van der Waals surface area contributed by atoms with Crippen molar-refractivity contribution >= 4 is 11.6 Å². The van der Waals surface area contributed by atoms with Gasteiger partial charge < -0.3 is 10.1 Å². The number of para-hydroxylation sites is 1. The van der Waals surface area contributed by atoms with Crippen molar-refractivity contribution in [1.82, 2.24) is 9.78 Å². The normalized spacial score (nSPS) is 12.7. The lowest BCUT2D eigenvalue weighted by atomic mass is 10.1. The van der Waals surface area contributed by atoms with E-state index >= 15 is 0 Å². The molecule has 5 heteroatoms. The summed E-state index contributed by atoms with van der Waals surface area (Å²) in [6.07, 6.45) is 3.43. The molecular weight excluding hydrogens is 338 g/mol.